The molecule has 0 aliphatic heterocycles. The van der Waals surface area contributed by atoms with Crippen LogP contribution in [0.1, 0.15) is 20.2 Å². The zero-order chi connectivity index (χ0) is 14.7. The molecule has 0 aliphatic carbocycles. The number of thiophene rings is 2. The van der Waals surface area contributed by atoms with Crippen LogP contribution in [0.3, 0.4) is 0 Å². The molecule has 0 bridgehead atoms. The third-order valence-corrected chi connectivity index (χ3v) is 4.29. The van der Waals surface area contributed by atoms with Gasteiger partial charge in [-0.2, -0.15) is 0 Å². The fourth-order valence-corrected chi connectivity index (χ4v) is 2.86. The van der Waals surface area contributed by atoms with Crippen molar-refractivity contribution in [3.8, 4) is 10.6 Å². The number of carbonyl (C=O) groups excluding carboxylic acids is 2. The lowest BCUT2D eigenvalue weighted by atomic mass is 10.3. The topological polar surface area (TPSA) is 84.2 Å². The Hall–Kier alpha value is -2.45. The SMILES string of the molecule is O=C(NNC(=O)c1cccs1)c1cc(-c2cccs2)on1. The van der Waals surface area contributed by atoms with E-state index in [9.17, 15) is 9.59 Å². The van der Waals surface area contributed by atoms with Crippen LogP contribution in [-0.4, -0.2) is 17.0 Å². The number of aromatic nitrogens is 1. The third kappa shape index (κ3) is 3.01. The molecule has 0 saturated carbocycles. The van der Waals surface area contributed by atoms with Gasteiger partial charge < -0.3 is 4.52 Å². The maximum absolute atomic E-state index is 11.9. The lowest BCUT2D eigenvalue weighted by Gasteiger charge is -2.03. The first kappa shape index (κ1) is 13.5. The van der Waals surface area contributed by atoms with Crippen molar-refractivity contribution in [3.05, 3.63) is 51.7 Å². The van der Waals surface area contributed by atoms with Gasteiger partial charge in [-0.05, 0) is 22.9 Å². The van der Waals surface area contributed by atoms with Gasteiger partial charge in [0.1, 0.15) is 0 Å². The quantitative estimate of drug-likeness (QED) is 0.727. The van der Waals surface area contributed by atoms with Crippen LogP contribution in [0, 0.1) is 0 Å². The van der Waals surface area contributed by atoms with Crippen LogP contribution in [0.2, 0.25) is 0 Å². The highest BCUT2D eigenvalue weighted by Gasteiger charge is 2.15. The molecule has 0 aromatic carbocycles. The Labute approximate surface area is 127 Å². The molecule has 3 aromatic rings. The second-order valence-corrected chi connectivity index (χ2v) is 5.83. The number of rotatable bonds is 3. The molecule has 21 heavy (non-hydrogen) atoms. The first-order chi connectivity index (χ1) is 10.2. The van der Waals surface area contributed by atoms with E-state index in [1.54, 1.807) is 17.5 Å². The van der Waals surface area contributed by atoms with E-state index in [4.69, 9.17) is 4.52 Å². The van der Waals surface area contributed by atoms with Gasteiger partial charge in [-0.1, -0.05) is 17.3 Å². The Balaban J connectivity index is 1.62. The molecule has 0 saturated heterocycles. The number of hydrazine groups is 1. The van der Waals surface area contributed by atoms with Crippen molar-refractivity contribution >= 4 is 34.5 Å². The van der Waals surface area contributed by atoms with E-state index in [-0.39, 0.29) is 11.6 Å². The van der Waals surface area contributed by atoms with Gasteiger partial charge in [-0.3, -0.25) is 20.4 Å². The molecule has 0 radical (unpaired) electrons. The molecular weight excluding hydrogens is 310 g/mol. The lowest BCUT2D eigenvalue weighted by molar-refractivity contribution is 0.0843. The van der Waals surface area contributed by atoms with Crippen molar-refractivity contribution in [2.75, 3.05) is 0 Å². The van der Waals surface area contributed by atoms with Crippen LogP contribution in [0.5, 0.6) is 0 Å². The van der Waals surface area contributed by atoms with E-state index in [1.807, 2.05) is 17.5 Å². The zero-order valence-corrected chi connectivity index (χ0v) is 12.2. The molecule has 0 atom stereocenters. The van der Waals surface area contributed by atoms with E-state index < -0.39 is 5.91 Å². The summed E-state index contributed by atoms with van der Waals surface area (Å²) in [5, 5.41) is 7.36. The Bertz CT molecular complexity index is 748. The fourth-order valence-electron chi connectivity index (χ4n) is 1.56. The fraction of sp³-hybridized carbons (Fsp3) is 0. The molecule has 2 amide bonds. The first-order valence-electron chi connectivity index (χ1n) is 5.89. The van der Waals surface area contributed by atoms with Crippen molar-refractivity contribution in [2.45, 2.75) is 0 Å². The maximum atomic E-state index is 11.9. The molecule has 3 rings (SSSR count). The van der Waals surface area contributed by atoms with Crippen LogP contribution in [0.4, 0.5) is 0 Å². The summed E-state index contributed by atoms with van der Waals surface area (Å²) in [6.07, 6.45) is 0. The second kappa shape index (κ2) is 5.90. The number of hydrogen-bond acceptors (Lipinski definition) is 6. The van der Waals surface area contributed by atoms with Crippen molar-refractivity contribution in [2.24, 2.45) is 0 Å². The van der Waals surface area contributed by atoms with Crippen LogP contribution in [0.15, 0.2) is 45.6 Å². The largest absolute Gasteiger partial charge is 0.355 e. The van der Waals surface area contributed by atoms with E-state index in [1.165, 1.54) is 28.7 Å². The van der Waals surface area contributed by atoms with Gasteiger partial charge in [0.05, 0.1) is 9.75 Å². The molecular formula is C13H9N3O3S2. The Morgan fingerprint density at radius 1 is 1.05 bits per heavy atom. The highest BCUT2D eigenvalue weighted by atomic mass is 32.1. The van der Waals surface area contributed by atoms with Gasteiger partial charge in [0.15, 0.2) is 11.5 Å². The van der Waals surface area contributed by atoms with Crippen molar-refractivity contribution in [1.29, 1.82) is 0 Å². The van der Waals surface area contributed by atoms with Crippen LogP contribution >= 0.6 is 22.7 Å². The molecule has 2 N–H and O–H groups in total. The molecule has 0 unspecified atom stereocenters. The molecule has 3 aromatic heterocycles. The van der Waals surface area contributed by atoms with Gasteiger partial charge in [-0.25, -0.2) is 0 Å². The average molecular weight is 319 g/mol. The van der Waals surface area contributed by atoms with Crippen LogP contribution in [-0.2, 0) is 0 Å². The Morgan fingerprint density at radius 2 is 1.81 bits per heavy atom. The smallest absolute Gasteiger partial charge is 0.291 e. The molecule has 0 fully saturated rings. The Kier molecular flexibility index (Phi) is 3.80. The van der Waals surface area contributed by atoms with Gasteiger partial charge >= 0.3 is 0 Å². The van der Waals surface area contributed by atoms with E-state index >= 15 is 0 Å². The number of nitrogens with one attached hydrogen (secondary N) is 2. The number of nitrogens with zero attached hydrogens (tertiary/aromatic N) is 1. The monoisotopic (exact) mass is 319 g/mol. The van der Waals surface area contributed by atoms with Crippen LogP contribution in [0.25, 0.3) is 10.6 Å². The van der Waals surface area contributed by atoms with Gasteiger partial charge in [0.2, 0.25) is 0 Å². The summed E-state index contributed by atoms with van der Waals surface area (Å²) in [4.78, 5) is 24.9. The zero-order valence-electron chi connectivity index (χ0n) is 10.5. The summed E-state index contributed by atoms with van der Waals surface area (Å²) in [7, 11) is 0. The minimum atomic E-state index is -0.536. The Morgan fingerprint density at radius 3 is 2.52 bits per heavy atom. The van der Waals surface area contributed by atoms with Gasteiger partial charge in [-0.15, -0.1) is 22.7 Å². The van der Waals surface area contributed by atoms with Crippen molar-refractivity contribution in [3.63, 3.8) is 0 Å². The first-order valence-corrected chi connectivity index (χ1v) is 7.65. The summed E-state index contributed by atoms with van der Waals surface area (Å²) in [5.74, 6) is -0.397. The number of amides is 2. The molecule has 8 heteroatoms. The predicted molar refractivity (Wildman–Crippen MR) is 79.1 cm³/mol. The molecule has 106 valence electrons. The molecule has 0 aliphatic rings. The minimum absolute atomic E-state index is 0.102. The van der Waals surface area contributed by atoms with E-state index in [0.717, 1.165) is 4.88 Å². The number of carbonyl (C=O) groups is 2. The summed E-state index contributed by atoms with van der Waals surface area (Å²) >= 11 is 2.77. The standard InChI is InChI=1S/C13H9N3O3S2/c17-12(14-15-13(18)11-4-2-6-21-11)8-7-9(19-16-8)10-3-1-5-20-10/h1-7H,(H,14,17)(H,15,18). The minimum Gasteiger partial charge on any atom is -0.355 e. The summed E-state index contributed by atoms with van der Waals surface area (Å²) in [6.45, 7) is 0. The molecule has 3 heterocycles. The normalized spacial score (nSPS) is 10.3. The van der Waals surface area contributed by atoms with Crippen molar-refractivity contribution in [1.82, 2.24) is 16.0 Å². The maximum Gasteiger partial charge on any atom is 0.291 e. The van der Waals surface area contributed by atoms with E-state index in [2.05, 4.69) is 16.0 Å². The third-order valence-electron chi connectivity index (χ3n) is 2.54. The number of hydrogen-bond donors (Lipinski definition) is 2. The van der Waals surface area contributed by atoms with Crippen molar-refractivity contribution < 1.29 is 14.1 Å². The molecule has 6 nitrogen and oxygen atoms in total. The predicted octanol–water partition coefficient (Wildman–Crippen LogP) is 2.54. The summed E-state index contributed by atoms with van der Waals surface area (Å²) in [5.41, 5.74) is 4.72. The second-order valence-electron chi connectivity index (χ2n) is 3.94. The summed E-state index contributed by atoms with van der Waals surface area (Å²) in [6, 6.07) is 8.69. The summed E-state index contributed by atoms with van der Waals surface area (Å²) < 4.78 is 5.10. The lowest BCUT2D eigenvalue weighted by Crippen LogP contribution is -2.41. The highest BCUT2D eigenvalue weighted by Crippen LogP contribution is 2.24. The average Bonchev–Trinajstić information content (AvgIpc) is 3.25. The molecule has 0 spiro atoms. The van der Waals surface area contributed by atoms with E-state index in [0.29, 0.717) is 10.6 Å². The highest BCUT2D eigenvalue weighted by molar-refractivity contribution is 7.13. The van der Waals surface area contributed by atoms with Gasteiger partial charge in [0, 0.05) is 6.07 Å². The van der Waals surface area contributed by atoms with Crippen LogP contribution < -0.4 is 10.9 Å². The van der Waals surface area contributed by atoms with Gasteiger partial charge in [0.25, 0.3) is 11.8 Å².